The van der Waals surface area contributed by atoms with Gasteiger partial charge in [0.2, 0.25) is 0 Å². The van der Waals surface area contributed by atoms with Crippen LogP contribution in [0.2, 0.25) is 0 Å². The molecule has 4 heteroatoms. The van der Waals surface area contributed by atoms with Gasteiger partial charge in [0.05, 0.1) is 12.2 Å². The summed E-state index contributed by atoms with van der Waals surface area (Å²) < 4.78 is 5.82. The van der Waals surface area contributed by atoms with Crippen LogP contribution in [0, 0.1) is 0 Å². The second kappa shape index (κ2) is 4.27. The first kappa shape index (κ1) is 11.0. The number of nitrogens with two attached hydrogens (primary N) is 1. The van der Waals surface area contributed by atoms with Gasteiger partial charge in [0.1, 0.15) is 5.82 Å². The van der Waals surface area contributed by atoms with E-state index in [9.17, 15) is 0 Å². The topological polar surface area (TPSA) is 51.4 Å². The van der Waals surface area contributed by atoms with E-state index in [1.54, 1.807) is 0 Å². The molecule has 17 heavy (non-hydrogen) atoms. The van der Waals surface area contributed by atoms with Gasteiger partial charge >= 0.3 is 0 Å². The zero-order chi connectivity index (χ0) is 11.8. The molecule has 2 aliphatic heterocycles. The maximum absolute atomic E-state index is 5.82. The highest BCUT2D eigenvalue weighted by Crippen LogP contribution is 2.28. The molecule has 0 aromatic carbocycles. The summed E-state index contributed by atoms with van der Waals surface area (Å²) in [5.41, 5.74) is 6.91. The lowest BCUT2D eigenvalue weighted by atomic mass is 10.1. The quantitative estimate of drug-likeness (QED) is 0.840. The molecule has 2 fully saturated rings. The predicted octanol–water partition coefficient (Wildman–Crippen LogP) is 1.47. The molecule has 1 aromatic heterocycles. The lowest BCUT2D eigenvalue weighted by Crippen LogP contribution is -2.43. The molecule has 0 spiro atoms. The van der Waals surface area contributed by atoms with Crippen LogP contribution in [0.25, 0.3) is 0 Å². The minimum Gasteiger partial charge on any atom is -0.371 e. The molecule has 1 aromatic rings. The molecule has 0 amide bonds. The van der Waals surface area contributed by atoms with Gasteiger partial charge in [0, 0.05) is 25.3 Å². The highest BCUT2D eigenvalue weighted by molar-refractivity contribution is 5.41. The Hall–Kier alpha value is -1.13. The number of anilines is 1. The first-order chi connectivity index (χ1) is 8.22. The van der Waals surface area contributed by atoms with Crippen LogP contribution in [0.5, 0.6) is 0 Å². The maximum Gasteiger partial charge on any atom is 0.128 e. The highest BCUT2D eigenvalue weighted by Gasteiger charge is 2.34. The summed E-state index contributed by atoms with van der Waals surface area (Å²) in [5, 5.41) is 0. The van der Waals surface area contributed by atoms with Crippen molar-refractivity contribution in [2.45, 2.75) is 38.0 Å². The van der Waals surface area contributed by atoms with E-state index < -0.39 is 0 Å². The van der Waals surface area contributed by atoms with Crippen molar-refractivity contribution >= 4 is 5.82 Å². The number of nitrogens with zero attached hydrogens (tertiary/aromatic N) is 2. The molecule has 2 bridgehead atoms. The van der Waals surface area contributed by atoms with Gasteiger partial charge in [-0.25, -0.2) is 4.98 Å². The lowest BCUT2D eigenvalue weighted by molar-refractivity contribution is 0.0302. The number of ether oxygens (including phenoxy) is 1. The van der Waals surface area contributed by atoms with Crippen LogP contribution < -0.4 is 10.6 Å². The number of morpholine rings is 1. The van der Waals surface area contributed by atoms with Crippen molar-refractivity contribution in [3.05, 3.63) is 23.9 Å². The molecule has 92 valence electrons. The Kier molecular flexibility index (Phi) is 2.76. The smallest absolute Gasteiger partial charge is 0.128 e. The van der Waals surface area contributed by atoms with Gasteiger partial charge in [-0.3, -0.25) is 0 Å². The number of fused-ring (bicyclic) bond motifs is 2. The van der Waals surface area contributed by atoms with E-state index in [0.717, 1.165) is 24.5 Å². The van der Waals surface area contributed by atoms with Crippen LogP contribution in [-0.2, 0) is 4.74 Å². The average Bonchev–Trinajstić information content (AvgIpc) is 2.68. The summed E-state index contributed by atoms with van der Waals surface area (Å²) in [5.74, 6) is 1.05. The fraction of sp³-hybridized carbons (Fsp3) is 0.615. The van der Waals surface area contributed by atoms with Crippen molar-refractivity contribution in [3.8, 4) is 0 Å². The Morgan fingerprint density at radius 1 is 1.35 bits per heavy atom. The zero-order valence-corrected chi connectivity index (χ0v) is 10.2. The Labute approximate surface area is 102 Å². The standard InChI is InChI=1S/C13H19N3O/c1-9(14)10-2-5-13(15-6-10)16-7-11-3-4-12(8-16)17-11/h2,5-6,9,11-12H,3-4,7-8,14H2,1H3. The van der Waals surface area contributed by atoms with Crippen molar-refractivity contribution in [1.82, 2.24) is 4.98 Å². The van der Waals surface area contributed by atoms with Gasteiger partial charge in [0.15, 0.2) is 0 Å². The molecule has 4 nitrogen and oxygen atoms in total. The molecule has 2 N–H and O–H groups in total. The zero-order valence-electron chi connectivity index (χ0n) is 10.2. The second-order valence-electron chi connectivity index (χ2n) is 5.10. The van der Waals surface area contributed by atoms with Crippen molar-refractivity contribution in [1.29, 1.82) is 0 Å². The Bertz CT molecular complexity index is 378. The fourth-order valence-corrected chi connectivity index (χ4v) is 2.66. The Morgan fingerprint density at radius 2 is 2.06 bits per heavy atom. The summed E-state index contributed by atoms with van der Waals surface area (Å²) in [6, 6.07) is 4.20. The van der Waals surface area contributed by atoms with Crippen molar-refractivity contribution in [2.75, 3.05) is 18.0 Å². The normalized spacial score (nSPS) is 29.4. The van der Waals surface area contributed by atoms with Gasteiger partial charge in [-0.05, 0) is 31.4 Å². The summed E-state index contributed by atoms with van der Waals surface area (Å²) in [7, 11) is 0. The molecule has 2 aliphatic rings. The van der Waals surface area contributed by atoms with Crippen LogP contribution in [0.4, 0.5) is 5.82 Å². The monoisotopic (exact) mass is 233 g/mol. The number of pyridine rings is 1. The lowest BCUT2D eigenvalue weighted by Gasteiger charge is -2.33. The van der Waals surface area contributed by atoms with Gasteiger partial charge in [-0.1, -0.05) is 6.07 Å². The second-order valence-corrected chi connectivity index (χ2v) is 5.10. The van der Waals surface area contributed by atoms with Crippen LogP contribution >= 0.6 is 0 Å². The van der Waals surface area contributed by atoms with E-state index in [-0.39, 0.29) is 6.04 Å². The van der Waals surface area contributed by atoms with Crippen molar-refractivity contribution in [2.24, 2.45) is 5.73 Å². The van der Waals surface area contributed by atoms with E-state index in [1.165, 1.54) is 12.8 Å². The van der Waals surface area contributed by atoms with E-state index >= 15 is 0 Å². The molecule has 3 unspecified atom stereocenters. The summed E-state index contributed by atoms with van der Waals surface area (Å²) in [6.07, 6.45) is 5.09. The fourth-order valence-electron chi connectivity index (χ4n) is 2.66. The van der Waals surface area contributed by atoms with Gasteiger partial charge in [0.25, 0.3) is 0 Å². The largest absolute Gasteiger partial charge is 0.371 e. The van der Waals surface area contributed by atoms with E-state index in [0.29, 0.717) is 12.2 Å². The van der Waals surface area contributed by atoms with Gasteiger partial charge in [-0.2, -0.15) is 0 Å². The van der Waals surface area contributed by atoms with Crippen LogP contribution in [0.1, 0.15) is 31.4 Å². The summed E-state index contributed by atoms with van der Waals surface area (Å²) in [6.45, 7) is 3.92. The third-order valence-electron chi connectivity index (χ3n) is 3.66. The summed E-state index contributed by atoms with van der Waals surface area (Å²) in [4.78, 5) is 6.84. The molecule has 3 heterocycles. The SMILES string of the molecule is CC(N)c1ccc(N2CC3CCC(C2)O3)nc1. The molecular formula is C13H19N3O. The molecule has 0 aliphatic carbocycles. The highest BCUT2D eigenvalue weighted by atomic mass is 16.5. The van der Waals surface area contributed by atoms with Crippen LogP contribution in [0.15, 0.2) is 18.3 Å². The Morgan fingerprint density at radius 3 is 2.59 bits per heavy atom. The average molecular weight is 233 g/mol. The third-order valence-corrected chi connectivity index (χ3v) is 3.66. The minimum absolute atomic E-state index is 0.0532. The molecule has 3 atom stereocenters. The van der Waals surface area contributed by atoms with Crippen LogP contribution in [0.3, 0.4) is 0 Å². The van der Waals surface area contributed by atoms with E-state index in [1.807, 2.05) is 13.1 Å². The first-order valence-corrected chi connectivity index (χ1v) is 6.34. The number of hydrogen-bond donors (Lipinski definition) is 1. The molecule has 0 radical (unpaired) electrons. The first-order valence-electron chi connectivity index (χ1n) is 6.34. The van der Waals surface area contributed by atoms with Gasteiger partial charge in [-0.15, -0.1) is 0 Å². The number of aromatic nitrogens is 1. The van der Waals surface area contributed by atoms with Gasteiger partial charge < -0.3 is 15.4 Å². The molecular weight excluding hydrogens is 214 g/mol. The summed E-state index contributed by atoms with van der Waals surface area (Å²) >= 11 is 0. The van der Waals surface area contributed by atoms with Crippen molar-refractivity contribution < 1.29 is 4.74 Å². The molecule has 3 rings (SSSR count). The van der Waals surface area contributed by atoms with E-state index in [2.05, 4.69) is 22.0 Å². The Balaban J connectivity index is 1.75. The molecule has 0 saturated carbocycles. The van der Waals surface area contributed by atoms with E-state index in [4.69, 9.17) is 10.5 Å². The maximum atomic E-state index is 5.82. The molecule has 2 saturated heterocycles. The van der Waals surface area contributed by atoms with Crippen LogP contribution in [-0.4, -0.2) is 30.3 Å². The minimum atomic E-state index is 0.0532. The number of hydrogen-bond acceptors (Lipinski definition) is 4. The third kappa shape index (κ3) is 2.15. The van der Waals surface area contributed by atoms with Crippen molar-refractivity contribution in [3.63, 3.8) is 0 Å². The number of rotatable bonds is 2. The predicted molar refractivity (Wildman–Crippen MR) is 66.9 cm³/mol.